The number of rotatable bonds is 6. The quantitative estimate of drug-likeness (QED) is 0.417. The average molecular weight is 444 g/mol. The second-order valence-corrected chi connectivity index (χ2v) is 8.16. The second kappa shape index (κ2) is 8.78. The number of anilines is 2. The lowest BCUT2D eigenvalue weighted by Gasteiger charge is -2.17. The number of aromatic nitrogens is 4. The summed E-state index contributed by atoms with van der Waals surface area (Å²) >= 11 is 0. The van der Waals surface area contributed by atoms with Gasteiger partial charge in [-0.2, -0.15) is 4.98 Å². The molecule has 1 fully saturated rings. The predicted molar refractivity (Wildman–Crippen MR) is 126 cm³/mol. The van der Waals surface area contributed by atoms with E-state index in [4.69, 9.17) is 16.2 Å². The van der Waals surface area contributed by atoms with Crippen molar-refractivity contribution in [3.63, 3.8) is 0 Å². The lowest BCUT2D eigenvalue weighted by molar-refractivity contribution is 0.0951. The number of hydrogen-bond donors (Lipinski definition) is 3. The Morgan fingerprint density at radius 2 is 1.94 bits per heavy atom. The smallest absolute Gasteiger partial charge is 0.255 e. The topological polar surface area (TPSA) is 133 Å². The average Bonchev–Trinajstić information content (AvgIpc) is 3.46. The zero-order valence-corrected chi connectivity index (χ0v) is 18.1. The van der Waals surface area contributed by atoms with Gasteiger partial charge in [0.25, 0.3) is 5.91 Å². The molecule has 0 radical (unpaired) electrons. The van der Waals surface area contributed by atoms with Gasteiger partial charge in [-0.1, -0.05) is 18.2 Å². The van der Waals surface area contributed by atoms with Crippen LogP contribution in [0.3, 0.4) is 0 Å². The number of benzene rings is 1. The van der Waals surface area contributed by atoms with Gasteiger partial charge in [0, 0.05) is 30.1 Å². The Balaban J connectivity index is 1.34. The van der Waals surface area contributed by atoms with E-state index < -0.39 is 0 Å². The molecule has 0 spiro atoms. The molecule has 0 aliphatic heterocycles. The number of nitrogen functional groups attached to an aromatic ring is 2. The van der Waals surface area contributed by atoms with Crippen molar-refractivity contribution >= 4 is 23.3 Å². The minimum absolute atomic E-state index is 0.166. The molecular formula is C24H25N7O2. The highest BCUT2D eigenvalue weighted by Gasteiger charge is 2.19. The van der Waals surface area contributed by atoms with Crippen LogP contribution in [0.15, 0.2) is 54.9 Å². The van der Waals surface area contributed by atoms with Crippen molar-refractivity contribution in [2.24, 2.45) is 0 Å². The minimum Gasteiger partial charge on any atom is -0.490 e. The van der Waals surface area contributed by atoms with Gasteiger partial charge in [0.2, 0.25) is 5.95 Å². The van der Waals surface area contributed by atoms with Gasteiger partial charge in [-0.15, -0.1) is 5.10 Å². The molecule has 9 nitrogen and oxygen atoms in total. The summed E-state index contributed by atoms with van der Waals surface area (Å²) in [4.78, 5) is 21.4. The fourth-order valence-corrected chi connectivity index (χ4v) is 4.11. The maximum Gasteiger partial charge on any atom is 0.255 e. The molecule has 3 heterocycles. The van der Waals surface area contributed by atoms with Gasteiger partial charge in [0.05, 0.1) is 11.7 Å². The zero-order valence-electron chi connectivity index (χ0n) is 18.1. The highest BCUT2D eigenvalue weighted by atomic mass is 16.5. The highest BCUT2D eigenvalue weighted by Crippen LogP contribution is 2.27. The van der Waals surface area contributed by atoms with Gasteiger partial charge in [-0.25, -0.2) is 9.50 Å². The van der Waals surface area contributed by atoms with Crippen molar-refractivity contribution < 1.29 is 9.53 Å². The summed E-state index contributed by atoms with van der Waals surface area (Å²) in [5, 5.41) is 7.02. The molecular weight excluding hydrogens is 418 g/mol. The van der Waals surface area contributed by atoms with Crippen molar-refractivity contribution in [3.05, 3.63) is 66.0 Å². The summed E-state index contributed by atoms with van der Waals surface area (Å²) in [5.41, 5.74) is 15.1. The summed E-state index contributed by atoms with van der Waals surface area (Å²) in [6.07, 6.45) is 8.17. The Morgan fingerprint density at radius 1 is 1.12 bits per heavy atom. The molecule has 1 aliphatic carbocycles. The number of nitrogens with zero attached hydrogens (tertiary/aromatic N) is 4. The first-order chi connectivity index (χ1) is 16.1. The number of carbonyl (C=O) groups is 1. The van der Waals surface area contributed by atoms with Crippen molar-refractivity contribution in [2.45, 2.75) is 38.3 Å². The number of pyridine rings is 2. The van der Waals surface area contributed by atoms with E-state index in [1.54, 1.807) is 23.0 Å². The zero-order chi connectivity index (χ0) is 22.8. The molecule has 1 amide bonds. The number of fused-ring (bicyclic) bond motifs is 1. The number of hydrogen-bond acceptors (Lipinski definition) is 7. The molecule has 3 aromatic heterocycles. The van der Waals surface area contributed by atoms with Crippen molar-refractivity contribution in [1.82, 2.24) is 24.9 Å². The number of ether oxygens (including phenoxy) is 1. The van der Waals surface area contributed by atoms with Crippen LogP contribution in [-0.4, -0.2) is 31.6 Å². The van der Waals surface area contributed by atoms with Crippen LogP contribution >= 0.6 is 0 Å². The molecule has 5 rings (SSSR count). The summed E-state index contributed by atoms with van der Waals surface area (Å²) in [5.74, 6) is 0.870. The predicted octanol–water partition coefficient (Wildman–Crippen LogP) is 3.21. The van der Waals surface area contributed by atoms with E-state index in [-0.39, 0.29) is 23.8 Å². The first-order valence-corrected chi connectivity index (χ1v) is 11.0. The van der Waals surface area contributed by atoms with Crippen LogP contribution < -0.4 is 21.5 Å². The van der Waals surface area contributed by atoms with Crippen molar-refractivity contribution in [3.8, 4) is 16.9 Å². The molecule has 0 atom stereocenters. The Morgan fingerprint density at radius 3 is 2.79 bits per heavy atom. The molecule has 4 aromatic rings. The van der Waals surface area contributed by atoms with E-state index in [0.717, 1.165) is 35.3 Å². The van der Waals surface area contributed by atoms with E-state index in [1.807, 2.05) is 36.4 Å². The Hall–Kier alpha value is -4.14. The summed E-state index contributed by atoms with van der Waals surface area (Å²) in [7, 11) is 0. The van der Waals surface area contributed by atoms with Gasteiger partial charge in [-0.05, 0) is 55.5 Å². The van der Waals surface area contributed by atoms with Gasteiger partial charge < -0.3 is 21.5 Å². The molecule has 168 valence electrons. The molecule has 1 aromatic carbocycles. The Kier molecular flexibility index (Phi) is 5.52. The van der Waals surface area contributed by atoms with Gasteiger partial charge in [0.15, 0.2) is 5.65 Å². The molecule has 0 saturated heterocycles. The van der Waals surface area contributed by atoms with Crippen molar-refractivity contribution in [2.75, 3.05) is 11.5 Å². The number of para-hydroxylation sites is 1. The molecule has 1 saturated carbocycles. The maximum absolute atomic E-state index is 13.0. The lowest BCUT2D eigenvalue weighted by atomic mass is 10.1. The van der Waals surface area contributed by atoms with E-state index in [9.17, 15) is 4.79 Å². The number of nitrogens with one attached hydrogen (secondary N) is 1. The summed E-state index contributed by atoms with van der Waals surface area (Å²) in [6.45, 7) is 0.330. The molecule has 0 bridgehead atoms. The molecule has 5 N–H and O–H groups in total. The summed E-state index contributed by atoms with van der Waals surface area (Å²) < 4.78 is 7.76. The van der Waals surface area contributed by atoms with E-state index in [2.05, 4.69) is 20.4 Å². The van der Waals surface area contributed by atoms with Crippen LogP contribution in [0.25, 0.3) is 16.8 Å². The van der Waals surface area contributed by atoms with E-state index >= 15 is 0 Å². The molecule has 9 heteroatoms. The van der Waals surface area contributed by atoms with Gasteiger partial charge >= 0.3 is 0 Å². The third-order valence-electron chi connectivity index (χ3n) is 5.86. The number of carbonyl (C=O) groups excluding carboxylic acids is 1. The number of nitrogens with two attached hydrogens (primary N) is 2. The minimum atomic E-state index is -0.301. The fraction of sp³-hybridized carbons (Fsp3) is 0.250. The van der Waals surface area contributed by atoms with Crippen LogP contribution in [0, 0.1) is 0 Å². The fourth-order valence-electron chi connectivity index (χ4n) is 4.11. The highest BCUT2D eigenvalue weighted by molar-refractivity contribution is 5.99. The van der Waals surface area contributed by atoms with Crippen LogP contribution in [0.2, 0.25) is 0 Å². The van der Waals surface area contributed by atoms with Crippen LogP contribution in [-0.2, 0) is 6.54 Å². The molecule has 33 heavy (non-hydrogen) atoms. The van der Waals surface area contributed by atoms with Crippen LogP contribution in [0.4, 0.5) is 11.8 Å². The Labute approximate surface area is 190 Å². The van der Waals surface area contributed by atoms with Crippen LogP contribution in [0.1, 0.15) is 41.6 Å². The van der Waals surface area contributed by atoms with E-state index in [1.165, 1.54) is 12.8 Å². The largest absolute Gasteiger partial charge is 0.490 e. The SMILES string of the molecule is Nc1nc2cc(-c3cnc(N)c(C(=O)NCc4ccccc4OC4CCCC4)c3)ccn2n1. The second-order valence-electron chi connectivity index (χ2n) is 8.16. The van der Waals surface area contributed by atoms with Gasteiger partial charge in [-0.3, -0.25) is 4.79 Å². The Bertz CT molecular complexity index is 1310. The van der Waals surface area contributed by atoms with E-state index in [0.29, 0.717) is 17.8 Å². The maximum atomic E-state index is 13.0. The van der Waals surface area contributed by atoms with Crippen molar-refractivity contribution in [1.29, 1.82) is 0 Å². The third-order valence-corrected chi connectivity index (χ3v) is 5.86. The lowest BCUT2D eigenvalue weighted by Crippen LogP contribution is -2.25. The molecule has 1 aliphatic rings. The standard InChI is InChI=1S/C24H25N7O2/c25-22-19(11-17(14-27-22)15-9-10-31-21(12-15)29-24(26)30-31)23(32)28-13-16-5-1-4-8-20(16)33-18-6-2-3-7-18/h1,4-5,8-12,14,18H,2-3,6-7,13H2,(H2,25,27)(H2,26,30)(H,28,32). The first-order valence-electron chi connectivity index (χ1n) is 11.0. The number of amides is 1. The normalized spacial score (nSPS) is 13.9. The molecule has 0 unspecified atom stereocenters. The first kappa shape index (κ1) is 20.7. The van der Waals surface area contributed by atoms with Crippen LogP contribution in [0.5, 0.6) is 5.75 Å². The third kappa shape index (κ3) is 4.43. The van der Waals surface area contributed by atoms with Gasteiger partial charge in [0.1, 0.15) is 11.6 Å². The summed E-state index contributed by atoms with van der Waals surface area (Å²) in [6, 6.07) is 13.2. The monoisotopic (exact) mass is 443 g/mol.